The van der Waals surface area contributed by atoms with E-state index in [0.29, 0.717) is 28.3 Å². The topological polar surface area (TPSA) is 130 Å². The number of phenols is 1. The summed E-state index contributed by atoms with van der Waals surface area (Å²) in [4.78, 5) is 23.4. The Balaban J connectivity index is 2.20. The van der Waals surface area contributed by atoms with Crippen molar-refractivity contribution < 1.29 is 19.5 Å². The number of hydrogen-bond acceptors (Lipinski definition) is 6. The van der Waals surface area contributed by atoms with Crippen LogP contribution in [-0.4, -0.2) is 41.0 Å². The van der Waals surface area contributed by atoms with Crippen LogP contribution in [0.4, 0.5) is 0 Å². The maximum atomic E-state index is 12.6. The van der Waals surface area contributed by atoms with Gasteiger partial charge in [0.15, 0.2) is 11.5 Å². The third kappa shape index (κ3) is 3.54. The molecule has 9 heteroatoms. The van der Waals surface area contributed by atoms with Crippen LogP contribution in [0.5, 0.6) is 17.2 Å². The second-order valence-electron chi connectivity index (χ2n) is 6.07. The fourth-order valence-corrected chi connectivity index (χ4v) is 3.18. The minimum Gasteiger partial charge on any atom is -0.507 e. The van der Waals surface area contributed by atoms with Crippen LogP contribution in [0.15, 0.2) is 47.3 Å². The first-order valence-electron chi connectivity index (χ1n) is 8.38. The van der Waals surface area contributed by atoms with Gasteiger partial charge in [0.1, 0.15) is 5.75 Å². The van der Waals surface area contributed by atoms with Crippen LogP contribution in [-0.2, 0) is 0 Å². The lowest BCUT2D eigenvalue weighted by Gasteiger charge is -2.16. The molecule has 1 atom stereocenters. The van der Waals surface area contributed by atoms with Gasteiger partial charge in [-0.05, 0) is 29.8 Å². The second-order valence-corrected chi connectivity index (χ2v) is 6.07. The van der Waals surface area contributed by atoms with Gasteiger partial charge in [-0.1, -0.05) is 18.2 Å². The van der Waals surface area contributed by atoms with Crippen molar-refractivity contribution in [2.24, 2.45) is 0 Å². The number of methoxy groups -OCH3 is 2. The lowest BCUT2D eigenvalue weighted by atomic mass is 9.89. The van der Waals surface area contributed by atoms with E-state index in [2.05, 4.69) is 10.2 Å². The van der Waals surface area contributed by atoms with Crippen molar-refractivity contribution >= 4 is 0 Å². The van der Waals surface area contributed by atoms with Crippen molar-refractivity contribution in [3.05, 3.63) is 74.1 Å². The van der Waals surface area contributed by atoms with Gasteiger partial charge in [-0.15, -0.1) is 0 Å². The summed E-state index contributed by atoms with van der Waals surface area (Å²) >= 11 is 0. The van der Waals surface area contributed by atoms with Gasteiger partial charge in [-0.2, -0.15) is 0 Å². The van der Waals surface area contributed by atoms with Gasteiger partial charge >= 0.3 is 0 Å². The number of hydrogen-bond donors (Lipinski definition) is 3. The molecule has 3 rings (SSSR count). The molecule has 0 fully saturated rings. The minimum atomic E-state index is -0.876. The highest BCUT2D eigenvalue weighted by Gasteiger charge is 2.29. The van der Waals surface area contributed by atoms with Crippen LogP contribution in [0.1, 0.15) is 17.0 Å². The molecule has 1 aromatic heterocycles. The average molecular weight is 385 g/mol. The number of aromatic amines is 2. The molecule has 0 saturated carbocycles. The molecule has 3 N–H and O–H groups in total. The van der Waals surface area contributed by atoms with E-state index < -0.39 is 22.9 Å². The zero-order valence-electron chi connectivity index (χ0n) is 15.3. The molecule has 0 amide bonds. The number of ether oxygens (including phenoxy) is 2. The normalized spacial score (nSPS) is 11.8. The Morgan fingerprint density at radius 2 is 1.82 bits per heavy atom. The summed E-state index contributed by atoms with van der Waals surface area (Å²) in [5.74, 6) is -0.0648. The van der Waals surface area contributed by atoms with Crippen molar-refractivity contribution in [2.75, 3.05) is 20.8 Å². The Morgan fingerprint density at radius 1 is 1.11 bits per heavy atom. The van der Waals surface area contributed by atoms with Crippen LogP contribution >= 0.6 is 0 Å². The average Bonchev–Trinajstić information content (AvgIpc) is 3.06. The number of benzene rings is 2. The van der Waals surface area contributed by atoms with E-state index in [4.69, 9.17) is 9.47 Å². The van der Waals surface area contributed by atoms with Crippen LogP contribution < -0.4 is 15.0 Å². The summed E-state index contributed by atoms with van der Waals surface area (Å²) in [6.07, 6.45) is 0. The largest absolute Gasteiger partial charge is 0.507 e. The van der Waals surface area contributed by atoms with Crippen molar-refractivity contribution in [3.63, 3.8) is 0 Å². The molecule has 9 nitrogen and oxygen atoms in total. The molecule has 1 unspecified atom stereocenters. The SMILES string of the molecule is COc1ccc(C(C[N+](=O)[O-])c2c(-c3ccccc3O)[nH][nH]c2=O)cc1OC. The van der Waals surface area contributed by atoms with Crippen molar-refractivity contribution in [1.29, 1.82) is 0 Å². The highest BCUT2D eigenvalue weighted by molar-refractivity contribution is 5.70. The first kappa shape index (κ1) is 19.0. The molecule has 28 heavy (non-hydrogen) atoms. The molecular formula is C19H19N3O6. The number of H-pyrrole nitrogens is 2. The molecule has 0 aliphatic heterocycles. The molecule has 0 spiro atoms. The van der Waals surface area contributed by atoms with E-state index in [1.54, 1.807) is 36.4 Å². The standard InChI is InChI=1S/C19H19N3O6/c1-27-15-8-7-11(9-16(15)28-2)13(10-22(25)26)17-18(20-21-19(17)24)12-5-3-4-6-14(12)23/h3-9,13,23H,10H2,1-2H3,(H2,20,21,24). The van der Waals surface area contributed by atoms with Crippen LogP contribution in [0, 0.1) is 10.1 Å². The lowest BCUT2D eigenvalue weighted by Crippen LogP contribution is -2.20. The molecular weight excluding hydrogens is 366 g/mol. The number of para-hydroxylation sites is 1. The number of nitrogens with zero attached hydrogens (tertiary/aromatic N) is 1. The Labute approximate surface area is 159 Å². The third-order valence-corrected chi connectivity index (χ3v) is 4.48. The van der Waals surface area contributed by atoms with E-state index >= 15 is 0 Å². The van der Waals surface area contributed by atoms with Gasteiger partial charge < -0.3 is 14.6 Å². The number of aromatic hydroxyl groups is 1. The third-order valence-electron chi connectivity index (χ3n) is 4.48. The Hall–Kier alpha value is -3.75. The predicted molar refractivity (Wildman–Crippen MR) is 102 cm³/mol. The lowest BCUT2D eigenvalue weighted by molar-refractivity contribution is -0.481. The molecule has 3 aromatic rings. The number of nitro groups is 1. The Morgan fingerprint density at radius 3 is 2.46 bits per heavy atom. The minimum absolute atomic E-state index is 0.0498. The summed E-state index contributed by atoms with van der Waals surface area (Å²) < 4.78 is 10.5. The van der Waals surface area contributed by atoms with E-state index in [9.17, 15) is 20.0 Å². The number of nitrogens with one attached hydrogen (secondary N) is 2. The molecule has 0 aliphatic carbocycles. The highest BCUT2D eigenvalue weighted by atomic mass is 16.6. The summed E-state index contributed by atoms with van der Waals surface area (Å²) in [6, 6.07) is 11.3. The summed E-state index contributed by atoms with van der Waals surface area (Å²) in [7, 11) is 2.94. The fourth-order valence-electron chi connectivity index (χ4n) is 3.18. The molecule has 2 aromatic carbocycles. The number of aromatic nitrogens is 2. The molecule has 0 aliphatic rings. The molecule has 1 heterocycles. The summed E-state index contributed by atoms with van der Waals surface area (Å²) in [6.45, 7) is -0.517. The Bertz CT molecular complexity index is 1060. The van der Waals surface area contributed by atoms with Crippen molar-refractivity contribution in [2.45, 2.75) is 5.92 Å². The quantitative estimate of drug-likeness (QED) is 0.423. The monoisotopic (exact) mass is 385 g/mol. The van der Waals surface area contributed by atoms with Crippen molar-refractivity contribution in [3.8, 4) is 28.5 Å². The van der Waals surface area contributed by atoms with E-state index in [1.807, 2.05) is 0 Å². The molecule has 0 saturated heterocycles. The number of rotatable bonds is 7. The first-order chi connectivity index (χ1) is 13.5. The fraction of sp³-hybridized carbons (Fsp3) is 0.211. The van der Waals surface area contributed by atoms with Crippen molar-refractivity contribution in [1.82, 2.24) is 10.2 Å². The van der Waals surface area contributed by atoms with Gasteiger partial charge in [0.2, 0.25) is 6.54 Å². The zero-order valence-corrected chi connectivity index (χ0v) is 15.3. The first-order valence-corrected chi connectivity index (χ1v) is 8.38. The van der Waals surface area contributed by atoms with Gasteiger partial charge in [0.25, 0.3) is 5.56 Å². The zero-order chi connectivity index (χ0) is 20.3. The summed E-state index contributed by atoms with van der Waals surface area (Å²) in [5.41, 5.74) is 0.829. The van der Waals surface area contributed by atoms with Gasteiger partial charge in [-0.25, -0.2) is 0 Å². The van der Waals surface area contributed by atoms with Gasteiger partial charge in [0.05, 0.1) is 31.4 Å². The Kier molecular flexibility index (Phi) is 5.35. The van der Waals surface area contributed by atoms with Gasteiger partial charge in [-0.3, -0.25) is 25.1 Å². The molecule has 146 valence electrons. The van der Waals surface area contributed by atoms with Crippen LogP contribution in [0.3, 0.4) is 0 Å². The van der Waals surface area contributed by atoms with E-state index in [0.717, 1.165) is 0 Å². The van der Waals surface area contributed by atoms with E-state index in [1.165, 1.54) is 20.3 Å². The number of phenolic OH excluding ortho intramolecular Hbond substituents is 1. The van der Waals surface area contributed by atoms with Crippen LogP contribution in [0.25, 0.3) is 11.3 Å². The highest BCUT2D eigenvalue weighted by Crippen LogP contribution is 2.37. The smallest absolute Gasteiger partial charge is 0.268 e. The van der Waals surface area contributed by atoms with E-state index in [-0.39, 0.29) is 11.3 Å². The second kappa shape index (κ2) is 7.87. The predicted octanol–water partition coefficient (Wildman–Crippen LogP) is 2.50. The maximum absolute atomic E-state index is 12.6. The summed E-state index contributed by atoms with van der Waals surface area (Å²) in [5, 5.41) is 26.7. The van der Waals surface area contributed by atoms with Crippen LogP contribution in [0.2, 0.25) is 0 Å². The molecule has 0 bridgehead atoms. The maximum Gasteiger partial charge on any atom is 0.268 e. The molecule has 0 radical (unpaired) electrons. The van der Waals surface area contributed by atoms with Gasteiger partial charge in [0, 0.05) is 10.5 Å².